The first kappa shape index (κ1) is 14.0. The van der Waals surface area contributed by atoms with Gasteiger partial charge in [0.15, 0.2) is 0 Å². The monoisotopic (exact) mass is 294 g/mol. The number of carboxylic acid groups (broad SMARTS) is 1. The molecule has 1 amide bonds. The van der Waals surface area contributed by atoms with Crippen molar-refractivity contribution in [2.45, 2.75) is 0 Å². The largest absolute Gasteiger partial charge is 0.478 e. The van der Waals surface area contributed by atoms with Crippen LogP contribution in [0.25, 0.3) is 0 Å². The highest BCUT2D eigenvalue weighted by molar-refractivity contribution is 6.34. The smallest absolute Gasteiger partial charge is 0.335 e. The summed E-state index contributed by atoms with van der Waals surface area (Å²) in [5, 5.41) is 11.2. The fourth-order valence-electron chi connectivity index (χ4n) is 1.50. The van der Waals surface area contributed by atoms with Gasteiger partial charge in [0.2, 0.25) is 0 Å². The number of hydrogen-bond acceptors (Lipinski definition) is 3. The van der Waals surface area contributed by atoms with Crippen LogP contribution in [0.4, 0.5) is 10.1 Å². The summed E-state index contributed by atoms with van der Waals surface area (Å²) in [7, 11) is 0. The molecule has 1 aromatic heterocycles. The van der Waals surface area contributed by atoms with E-state index in [4.69, 9.17) is 16.7 Å². The topological polar surface area (TPSA) is 79.3 Å². The van der Waals surface area contributed by atoms with Crippen LogP contribution >= 0.6 is 11.6 Å². The van der Waals surface area contributed by atoms with E-state index in [9.17, 15) is 14.0 Å². The molecule has 2 N–H and O–H groups in total. The number of hydrogen-bond donors (Lipinski definition) is 2. The Hall–Kier alpha value is -2.47. The Labute approximate surface area is 118 Å². The summed E-state index contributed by atoms with van der Waals surface area (Å²) in [6, 6.07) is 4.47. The van der Waals surface area contributed by atoms with Gasteiger partial charge in [-0.2, -0.15) is 0 Å². The number of anilines is 1. The summed E-state index contributed by atoms with van der Waals surface area (Å²) in [4.78, 5) is 26.5. The number of aromatic nitrogens is 1. The average molecular weight is 295 g/mol. The zero-order valence-corrected chi connectivity index (χ0v) is 10.7. The molecule has 0 bridgehead atoms. The molecular formula is C13H8ClFN2O3. The molecular weight excluding hydrogens is 287 g/mol. The van der Waals surface area contributed by atoms with Crippen molar-refractivity contribution in [3.8, 4) is 0 Å². The Kier molecular flexibility index (Phi) is 3.95. The first-order valence-corrected chi connectivity index (χ1v) is 5.80. The highest BCUT2D eigenvalue weighted by Gasteiger charge is 2.14. The molecule has 2 rings (SSSR count). The minimum Gasteiger partial charge on any atom is -0.478 e. The maximum atomic E-state index is 13.6. The molecule has 0 aliphatic carbocycles. The second-order valence-electron chi connectivity index (χ2n) is 3.81. The Balaban J connectivity index is 2.30. The van der Waals surface area contributed by atoms with Gasteiger partial charge in [-0.05, 0) is 24.3 Å². The SMILES string of the molecule is O=C(O)c1ccc(F)c(NC(=O)c2ccncc2Cl)c1. The molecule has 0 aliphatic heterocycles. The number of nitrogens with zero attached hydrogens (tertiary/aromatic N) is 1. The van der Waals surface area contributed by atoms with Crippen LogP contribution in [-0.2, 0) is 0 Å². The van der Waals surface area contributed by atoms with Crippen LogP contribution in [0.5, 0.6) is 0 Å². The van der Waals surface area contributed by atoms with Crippen molar-refractivity contribution in [2.75, 3.05) is 5.32 Å². The maximum absolute atomic E-state index is 13.6. The molecule has 1 heterocycles. The van der Waals surface area contributed by atoms with Gasteiger partial charge in [-0.3, -0.25) is 9.78 Å². The van der Waals surface area contributed by atoms with E-state index in [1.54, 1.807) is 0 Å². The summed E-state index contributed by atoms with van der Waals surface area (Å²) in [5.74, 6) is -2.62. The number of pyridine rings is 1. The molecule has 0 atom stereocenters. The second-order valence-corrected chi connectivity index (χ2v) is 4.22. The van der Waals surface area contributed by atoms with Crippen molar-refractivity contribution in [1.29, 1.82) is 0 Å². The number of carbonyl (C=O) groups excluding carboxylic acids is 1. The summed E-state index contributed by atoms with van der Waals surface area (Å²) >= 11 is 5.80. The minimum absolute atomic E-state index is 0.111. The van der Waals surface area contributed by atoms with Gasteiger partial charge in [0.25, 0.3) is 5.91 Å². The quantitative estimate of drug-likeness (QED) is 0.912. The zero-order chi connectivity index (χ0) is 14.7. The third-order valence-corrected chi connectivity index (χ3v) is 2.78. The molecule has 0 spiro atoms. The van der Waals surface area contributed by atoms with E-state index < -0.39 is 17.7 Å². The molecule has 2 aromatic rings. The van der Waals surface area contributed by atoms with Gasteiger partial charge in [0, 0.05) is 12.4 Å². The van der Waals surface area contributed by atoms with E-state index >= 15 is 0 Å². The predicted octanol–water partition coefficient (Wildman–Crippen LogP) is 2.82. The van der Waals surface area contributed by atoms with Gasteiger partial charge in [0.1, 0.15) is 5.82 Å². The van der Waals surface area contributed by atoms with Gasteiger partial charge >= 0.3 is 5.97 Å². The van der Waals surface area contributed by atoms with Gasteiger partial charge < -0.3 is 10.4 Å². The van der Waals surface area contributed by atoms with Crippen LogP contribution in [0.15, 0.2) is 36.7 Å². The van der Waals surface area contributed by atoms with E-state index in [0.29, 0.717) is 0 Å². The van der Waals surface area contributed by atoms with E-state index in [-0.39, 0.29) is 21.8 Å². The van der Waals surface area contributed by atoms with Crippen molar-refractivity contribution < 1.29 is 19.1 Å². The number of halogens is 2. The second kappa shape index (κ2) is 5.66. The van der Waals surface area contributed by atoms with Gasteiger partial charge in [0.05, 0.1) is 21.8 Å². The third kappa shape index (κ3) is 2.92. The van der Waals surface area contributed by atoms with E-state index in [1.165, 1.54) is 18.5 Å². The molecule has 0 unspecified atom stereocenters. The predicted molar refractivity (Wildman–Crippen MR) is 70.6 cm³/mol. The molecule has 7 heteroatoms. The highest BCUT2D eigenvalue weighted by Crippen LogP contribution is 2.19. The molecule has 20 heavy (non-hydrogen) atoms. The lowest BCUT2D eigenvalue weighted by Crippen LogP contribution is -2.14. The fraction of sp³-hybridized carbons (Fsp3) is 0. The maximum Gasteiger partial charge on any atom is 0.335 e. The van der Waals surface area contributed by atoms with Gasteiger partial charge in [-0.15, -0.1) is 0 Å². The van der Waals surface area contributed by atoms with Crippen LogP contribution in [-0.4, -0.2) is 22.0 Å². The van der Waals surface area contributed by atoms with Crippen LogP contribution < -0.4 is 5.32 Å². The first-order chi connectivity index (χ1) is 9.49. The number of amides is 1. The molecule has 102 valence electrons. The molecule has 5 nitrogen and oxygen atoms in total. The Morgan fingerprint density at radius 1 is 1.30 bits per heavy atom. The fourth-order valence-corrected chi connectivity index (χ4v) is 1.71. The number of carbonyl (C=O) groups is 2. The van der Waals surface area contributed by atoms with Crippen LogP contribution in [0, 0.1) is 5.82 Å². The number of rotatable bonds is 3. The van der Waals surface area contributed by atoms with Crippen LogP contribution in [0.3, 0.4) is 0 Å². The van der Waals surface area contributed by atoms with Crippen molar-refractivity contribution >= 4 is 29.2 Å². The van der Waals surface area contributed by atoms with E-state index in [2.05, 4.69) is 10.3 Å². The molecule has 0 saturated carbocycles. The lowest BCUT2D eigenvalue weighted by molar-refractivity contribution is 0.0696. The minimum atomic E-state index is -1.22. The lowest BCUT2D eigenvalue weighted by Gasteiger charge is -2.08. The van der Waals surface area contributed by atoms with Crippen LogP contribution in [0.2, 0.25) is 5.02 Å². The average Bonchev–Trinajstić information content (AvgIpc) is 2.41. The van der Waals surface area contributed by atoms with Crippen molar-refractivity contribution in [1.82, 2.24) is 4.98 Å². The summed E-state index contributed by atoms with van der Waals surface area (Å²) in [5.41, 5.74) is -0.257. The van der Waals surface area contributed by atoms with Crippen molar-refractivity contribution in [3.63, 3.8) is 0 Å². The normalized spacial score (nSPS) is 10.1. The van der Waals surface area contributed by atoms with Gasteiger partial charge in [-0.1, -0.05) is 11.6 Å². The molecule has 0 fully saturated rings. The van der Waals surface area contributed by atoms with E-state index in [0.717, 1.165) is 18.2 Å². The Morgan fingerprint density at radius 3 is 2.70 bits per heavy atom. The summed E-state index contributed by atoms with van der Waals surface area (Å²) in [6.07, 6.45) is 2.64. The summed E-state index contributed by atoms with van der Waals surface area (Å²) < 4.78 is 13.6. The zero-order valence-electron chi connectivity index (χ0n) is 9.93. The number of benzene rings is 1. The first-order valence-electron chi connectivity index (χ1n) is 5.42. The Morgan fingerprint density at radius 2 is 2.05 bits per heavy atom. The molecule has 0 aliphatic rings. The standard InChI is InChI=1S/C13H8ClFN2O3/c14-9-6-16-4-3-8(9)12(18)17-11-5-7(13(19)20)1-2-10(11)15/h1-6H,(H,17,18)(H,19,20). The number of nitrogens with one attached hydrogen (secondary N) is 1. The van der Waals surface area contributed by atoms with Crippen LogP contribution in [0.1, 0.15) is 20.7 Å². The number of aromatic carboxylic acids is 1. The highest BCUT2D eigenvalue weighted by atomic mass is 35.5. The number of carboxylic acids is 1. The summed E-state index contributed by atoms with van der Waals surface area (Å²) in [6.45, 7) is 0. The molecule has 0 radical (unpaired) electrons. The molecule has 0 saturated heterocycles. The van der Waals surface area contributed by atoms with E-state index in [1.807, 2.05) is 0 Å². The Bertz CT molecular complexity index is 691. The van der Waals surface area contributed by atoms with Crippen molar-refractivity contribution in [2.24, 2.45) is 0 Å². The van der Waals surface area contributed by atoms with Gasteiger partial charge in [-0.25, -0.2) is 9.18 Å². The van der Waals surface area contributed by atoms with Crippen molar-refractivity contribution in [3.05, 3.63) is 58.6 Å². The lowest BCUT2D eigenvalue weighted by atomic mass is 10.2. The molecule has 1 aromatic carbocycles. The third-order valence-electron chi connectivity index (χ3n) is 2.48.